The van der Waals surface area contributed by atoms with E-state index in [9.17, 15) is 9.59 Å². The second kappa shape index (κ2) is 7.22. The number of nitrogen functional groups attached to an aromatic ring is 1. The molecule has 3 amide bonds. The summed E-state index contributed by atoms with van der Waals surface area (Å²) in [5, 5.41) is 4.62. The van der Waals surface area contributed by atoms with Gasteiger partial charge in [0.05, 0.1) is 12.8 Å². The Labute approximate surface area is 117 Å². The summed E-state index contributed by atoms with van der Waals surface area (Å²) in [6.07, 6.45) is -0.828. The van der Waals surface area contributed by atoms with Crippen LogP contribution in [0.15, 0.2) is 18.2 Å². The molecule has 0 aromatic heterocycles. The Bertz CT molecular complexity index is 491. The molecule has 20 heavy (non-hydrogen) atoms. The fraction of sp³-hybridized carbons (Fsp3) is 0.385. The van der Waals surface area contributed by atoms with Crippen LogP contribution in [-0.2, 0) is 4.79 Å². The minimum atomic E-state index is -0.828. The summed E-state index contributed by atoms with van der Waals surface area (Å²) in [6.45, 7) is 3.72. The molecule has 7 heteroatoms. The lowest BCUT2D eigenvalue weighted by atomic mass is 10.2. The highest BCUT2D eigenvalue weighted by Crippen LogP contribution is 2.26. The number of imide groups is 1. The molecule has 0 aliphatic rings. The van der Waals surface area contributed by atoms with Crippen LogP contribution in [0.25, 0.3) is 0 Å². The lowest BCUT2D eigenvalue weighted by molar-refractivity contribution is -0.126. The van der Waals surface area contributed by atoms with E-state index >= 15 is 0 Å². The second-order valence-electron chi connectivity index (χ2n) is 4.01. The standard InChI is InChI=1S/C13H19N3O4/c1-4-15-13(18)16-12(17)8(2)20-9-5-6-11(19-3)10(14)7-9/h5-8H,4,14H2,1-3H3,(H2,15,16,17,18). The number of hydrogen-bond donors (Lipinski definition) is 3. The van der Waals surface area contributed by atoms with Gasteiger partial charge in [-0.05, 0) is 26.0 Å². The Morgan fingerprint density at radius 3 is 2.65 bits per heavy atom. The van der Waals surface area contributed by atoms with Crippen LogP contribution in [0.4, 0.5) is 10.5 Å². The molecule has 1 aromatic carbocycles. The summed E-state index contributed by atoms with van der Waals surface area (Å²) in [5.41, 5.74) is 6.14. The predicted molar refractivity (Wildman–Crippen MR) is 74.7 cm³/mol. The molecule has 0 saturated carbocycles. The van der Waals surface area contributed by atoms with E-state index in [-0.39, 0.29) is 0 Å². The SMILES string of the molecule is CCNC(=O)NC(=O)C(C)Oc1ccc(OC)c(N)c1. The number of ether oxygens (including phenoxy) is 2. The van der Waals surface area contributed by atoms with Crippen molar-refractivity contribution in [3.05, 3.63) is 18.2 Å². The van der Waals surface area contributed by atoms with Crippen molar-refractivity contribution < 1.29 is 19.1 Å². The lowest BCUT2D eigenvalue weighted by Crippen LogP contribution is -2.45. The maximum atomic E-state index is 11.7. The molecule has 1 unspecified atom stereocenters. The second-order valence-corrected chi connectivity index (χ2v) is 4.01. The first kappa shape index (κ1) is 15.6. The third-order valence-electron chi connectivity index (χ3n) is 2.46. The molecule has 1 atom stereocenters. The van der Waals surface area contributed by atoms with E-state index in [1.165, 1.54) is 14.0 Å². The summed E-state index contributed by atoms with van der Waals surface area (Å²) in [5.74, 6) is 0.406. The molecule has 0 fully saturated rings. The molecular weight excluding hydrogens is 262 g/mol. The van der Waals surface area contributed by atoms with Crippen molar-refractivity contribution in [2.45, 2.75) is 20.0 Å². The molecule has 1 rings (SSSR count). The minimum absolute atomic E-state index is 0.404. The number of nitrogens with one attached hydrogen (secondary N) is 2. The Kier molecular flexibility index (Phi) is 5.64. The number of carbonyl (C=O) groups excluding carboxylic acids is 2. The number of hydrogen-bond acceptors (Lipinski definition) is 5. The van der Waals surface area contributed by atoms with Crippen molar-refractivity contribution in [3.8, 4) is 11.5 Å². The van der Waals surface area contributed by atoms with Gasteiger partial charge in [0.25, 0.3) is 5.91 Å². The summed E-state index contributed by atoms with van der Waals surface area (Å²) >= 11 is 0. The number of methoxy groups -OCH3 is 1. The molecule has 0 radical (unpaired) electrons. The van der Waals surface area contributed by atoms with Crippen molar-refractivity contribution in [1.82, 2.24) is 10.6 Å². The highest BCUT2D eigenvalue weighted by atomic mass is 16.5. The number of urea groups is 1. The molecule has 0 bridgehead atoms. The number of benzene rings is 1. The summed E-state index contributed by atoms with van der Waals surface area (Å²) in [4.78, 5) is 22.9. The number of rotatable bonds is 5. The average molecular weight is 281 g/mol. The zero-order valence-corrected chi connectivity index (χ0v) is 11.7. The molecule has 0 aliphatic carbocycles. The van der Waals surface area contributed by atoms with Crippen molar-refractivity contribution >= 4 is 17.6 Å². The topological polar surface area (TPSA) is 103 Å². The van der Waals surface area contributed by atoms with E-state index in [4.69, 9.17) is 15.2 Å². The summed E-state index contributed by atoms with van der Waals surface area (Å²) in [7, 11) is 1.51. The van der Waals surface area contributed by atoms with E-state index in [0.717, 1.165) is 0 Å². The first-order valence-electron chi connectivity index (χ1n) is 6.16. The summed E-state index contributed by atoms with van der Waals surface area (Å²) < 4.78 is 10.4. The molecule has 0 saturated heterocycles. The van der Waals surface area contributed by atoms with Crippen LogP contribution in [0.3, 0.4) is 0 Å². The van der Waals surface area contributed by atoms with Crippen molar-refractivity contribution in [2.75, 3.05) is 19.4 Å². The maximum Gasteiger partial charge on any atom is 0.321 e. The van der Waals surface area contributed by atoms with Gasteiger partial charge in [0.15, 0.2) is 6.10 Å². The Balaban J connectivity index is 2.61. The van der Waals surface area contributed by atoms with Crippen LogP contribution in [-0.4, -0.2) is 31.7 Å². The van der Waals surface area contributed by atoms with E-state index < -0.39 is 18.0 Å². The van der Waals surface area contributed by atoms with Gasteiger partial charge in [-0.25, -0.2) is 4.79 Å². The molecule has 1 aromatic rings. The molecule has 4 N–H and O–H groups in total. The number of carbonyl (C=O) groups is 2. The number of amides is 3. The van der Waals surface area contributed by atoms with E-state index in [1.807, 2.05) is 0 Å². The van der Waals surface area contributed by atoms with Crippen LogP contribution >= 0.6 is 0 Å². The fourth-order valence-electron chi connectivity index (χ4n) is 1.46. The third kappa shape index (κ3) is 4.34. The highest BCUT2D eigenvalue weighted by Gasteiger charge is 2.17. The first-order chi connectivity index (χ1) is 9.47. The number of anilines is 1. The molecule has 7 nitrogen and oxygen atoms in total. The smallest absolute Gasteiger partial charge is 0.321 e. The predicted octanol–water partition coefficient (Wildman–Crippen LogP) is 0.890. The zero-order valence-electron chi connectivity index (χ0n) is 11.7. The quantitative estimate of drug-likeness (QED) is 0.696. The van der Waals surface area contributed by atoms with E-state index in [0.29, 0.717) is 23.7 Å². The zero-order chi connectivity index (χ0) is 15.1. The van der Waals surface area contributed by atoms with Crippen LogP contribution in [0.1, 0.15) is 13.8 Å². The van der Waals surface area contributed by atoms with Crippen molar-refractivity contribution in [1.29, 1.82) is 0 Å². The van der Waals surface area contributed by atoms with Gasteiger partial charge in [-0.2, -0.15) is 0 Å². The van der Waals surface area contributed by atoms with Crippen LogP contribution < -0.4 is 25.8 Å². The molecule has 0 aliphatic heterocycles. The van der Waals surface area contributed by atoms with E-state index in [2.05, 4.69) is 10.6 Å². The highest BCUT2D eigenvalue weighted by molar-refractivity contribution is 5.96. The normalized spacial score (nSPS) is 11.3. The molecule has 0 spiro atoms. The van der Waals surface area contributed by atoms with Crippen LogP contribution in [0.5, 0.6) is 11.5 Å². The number of nitrogens with two attached hydrogens (primary N) is 1. The molecular formula is C13H19N3O4. The van der Waals surface area contributed by atoms with Gasteiger partial charge in [-0.1, -0.05) is 0 Å². The van der Waals surface area contributed by atoms with Gasteiger partial charge in [0, 0.05) is 12.6 Å². The maximum absolute atomic E-state index is 11.7. The van der Waals surface area contributed by atoms with Gasteiger partial charge >= 0.3 is 6.03 Å². The lowest BCUT2D eigenvalue weighted by Gasteiger charge is -2.15. The molecule has 0 heterocycles. The van der Waals surface area contributed by atoms with Crippen molar-refractivity contribution in [3.63, 3.8) is 0 Å². The first-order valence-corrected chi connectivity index (χ1v) is 6.16. The van der Waals surface area contributed by atoms with Crippen LogP contribution in [0, 0.1) is 0 Å². The Hall–Kier alpha value is -2.44. The minimum Gasteiger partial charge on any atom is -0.495 e. The van der Waals surface area contributed by atoms with E-state index in [1.54, 1.807) is 25.1 Å². The van der Waals surface area contributed by atoms with Gasteiger partial charge in [-0.15, -0.1) is 0 Å². The monoisotopic (exact) mass is 281 g/mol. The largest absolute Gasteiger partial charge is 0.495 e. The average Bonchev–Trinajstić information content (AvgIpc) is 2.39. The van der Waals surface area contributed by atoms with Gasteiger partial charge < -0.3 is 20.5 Å². The summed E-state index contributed by atoms with van der Waals surface area (Å²) in [6, 6.07) is 4.26. The van der Waals surface area contributed by atoms with Gasteiger partial charge in [0.1, 0.15) is 11.5 Å². The van der Waals surface area contributed by atoms with Crippen molar-refractivity contribution in [2.24, 2.45) is 0 Å². The Morgan fingerprint density at radius 1 is 1.40 bits per heavy atom. The Morgan fingerprint density at radius 2 is 2.10 bits per heavy atom. The van der Waals surface area contributed by atoms with Gasteiger partial charge in [-0.3, -0.25) is 10.1 Å². The fourth-order valence-corrected chi connectivity index (χ4v) is 1.46. The van der Waals surface area contributed by atoms with Crippen LogP contribution in [0.2, 0.25) is 0 Å². The molecule has 110 valence electrons. The van der Waals surface area contributed by atoms with Gasteiger partial charge in [0.2, 0.25) is 0 Å². The third-order valence-corrected chi connectivity index (χ3v) is 2.46.